The number of fused-ring (bicyclic) bond motifs is 1. The Bertz CT molecular complexity index is 1080. The number of rotatable bonds is 3. The lowest BCUT2D eigenvalue weighted by Crippen LogP contribution is -2.49. The maximum Gasteiger partial charge on any atom is 0.281 e. The van der Waals surface area contributed by atoms with Gasteiger partial charge in [-0.25, -0.2) is 0 Å². The third-order valence-electron chi connectivity index (χ3n) is 4.36. The first-order valence-electron chi connectivity index (χ1n) is 8.51. The van der Waals surface area contributed by atoms with Crippen molar-refractivity contribution >= 4 is 29.1 Å². The molecule has 2 N–H and O–H groups in total. The molecule has 1 atom stereocenters. The number of benzene rings is 2. The van der Waals surface area contributed by atoms with E-state index < -0.39 is 17.9 Å². The minimum Gasteiger partial charge on any atom is -0.477 e. The van der Waals surface area contributed by atoms with E-state index in [0.29, 0.717) is 27.8 Å². The average Bonchev–Trinajstić information content (AvgIpc) is 3.08. The molecule has 0 bridgehead atoms. The Balaban J connectivity index is 1.72. The molecule has 28 heavy (non-hydrogen) atoms. The molecule has 142 valence electrons. The monoisotopic (exact) mass is 397 g/mol. The van der Waals surface area contributed by atoms with Gasteiger partial charge in [-0.2, -0.15) is 9.90 Å². The van der Waals surface area contributed by atoms with Crippen molar-refractivity contribution in [1.82, 2.24) is 15.0 Å². The number of para-hydroxylation sites is 2. The Kier molecular flexibility index (Phi) is 4.48. The summed E-state index contributed by atoms with van der Waals surface area (Å²) in [5.74, 6) is -0.634. The van der Waals surface area contributed by atoms with Crippen LogP contribution in [0.2, 0.25) is 5.02 Å². The maximum atomic E-state index is 13.2. The van der Waals surface area contributed by atoms with Crippen molar-refractivity contribution in [3.8, 4) is 11.4 Å². The van der Waals surface area contributed by atoms with Crippen LogP contribution in [0.4, 0.5) is 5.69 Å². The van der Waals surface area contributed by atoms with Gasteiger partial charge in [-0.05, 0) is 37.3 Å². The number of anilines is 1. The second-order valence-corrected chi connectivity index (χ2v) is 6.73. The van der Waals surface area contributed by atoms with Gasteiger partial charge in [-0.1, -0.05) is 29.8 Å². The molecule has 0 aliphatic carbocycles. The summed E-state index contributed by atoms with van der Waals surface area (Å²) in [5.41, 5.74) is 7.19. The Morgan fingerprint density at radius 2 is 1.96 bits per heavy atom. The molecule has 0 saturated carbocycles. The van der Waals surface area contributed by atoms with Gasteiger partial charge < -0.3 is 10.5 Å². The van der Waals surface area contributed by atoms with E-state index >= 15 is 0 Å². The lowest BCUT2D eigenvalue weighted by atomic mass is 10.1. The number of carbonyl (C=O) groups is 2. The minimum atomic E-state index is -0.942. The van der Waals surface area contributed by atoms with Crippen LogP contribution in [0.25, 0.3) is 5.69 Å². The number of halogens is 1. The normalized spacial score (nSPS) is 15.6. The van der Waals surface area contributed by atoms with Crippen molar-refractivity contribution in [3.05, 3.63) is 64.9 Å². The van der Waals surface area contributed by atoms with Crippen LogP contribution in [0.3, 0.4) is 0 Å². The van der Waals surface area contributed by atoms with Crippen molar-refractivity contribution in [1.29, 1.82) is 0 Å². The lowest BCUT2D eigenvalue weighted by Gasteiger charge is -2.33. The molecule has 9 heteroatoms. The molecule has 4 rings (SSSR count). The predicted molar refractivity (Wildman–Crippen MR) is 103 cm³/mol. The second kappa shape index (κ2) is 6.97. The van der Waals surface area contributed by atoms with E-state index in [0.717, 1.165) is 0 Å². The maximum absolute atomic E-state index is 13.2. The summed E-state index contributed by atoms with van der Waals surface area (Å²) in [7, 11) is 0. The van der Waals surface area contributed by atoms with E-state index in [1.807, 2.05) is 0 Å². The number of aromatic nitrogens is 3. The smallest absolute Gasteiger partial charge is 0.281 e. The molecular formula is C19H16ClN5O3. The quantitative estimate of drug-likeness (QED) is 0.729. The predicted octanol–water partition coefficient (Wildman–Crippen LogP) is 2.12. The minimum absolute atomic E-state index is 0.00531. The van der Waals surface area contributed by atoms with Crippen LogP contribution in [0, 0.1) is 6.92 Å². The van der Waals surface area contributed by atoms with Gasteiger partial charge in [-0.3, -0.25) is 14.5 Å². The summed E-state index contributed by atoms with van der Waals surface area (Å²) in [4.78, 5) is 27.7. The Morgan fingerprint density at radius 1 is 1.18 bits per heavy atom. The fraction of sp³-hybridized carbons (Fsp3) is 0.158. The summed E-state index contributed by atoms with van der Waals surface area (Å²) in [6.07, 6.45) is -0.942. The largest absolute Gasteiger partial charge is 0.477 e. The third-order valence-corrected chi connectivity index (χ3v) is 4.60. The summed E-state index contributed by atoms with van der Waals surface area (Å²) in [5, 5.41) is 9.20. The molecule has 0 unspecified atom stereocenters. The number of hydrogen-bond donors (Lipinski definition) is 1. The number of aryl methyl sites for hydroxylation is 1. The molecule has 2 aromatic carbocycles. The first-order chi connectivity index (χ1) is 13.4. The number of nitrogens with two attached hydrogens (primary N) is 1. The first-order valence-corrected chi connectivity index (χ1v) is 8.88. The van der Waals surface area contributed by atoms with E-state index in [2.05, 4.69) is 10.2 Å². The highest BCUT2D eigenvalue weighted by Gasteiger charge is 2.34. The highest BCUT2D eigenvalue weighted by atomic mass is 35.5. The van der Waals surface area contributed by atoms with Crippen molar-refractivity contribution in [2.45, 2.75) is 13.0 Å². The van der Waals surface area contributed by atoms with Crippen LogP contribution >= 0.6 is 11.6 Å². The highest BCUT2D eigenvalue weighted by Crippen LogP contribution is 2.34. The molecule has 1 aliphatic heterocycles. The summed E-state index contributed by atoms with van der Waals surface area (Å²) in [6, 6.07) is 13.9. The Labute approximate surface area is 165 Å². The molecule has 0 spiro atoms. The van der Waals surface area contributed by atoms with E-state index in [1.54, 1.807) is 55.5 Å². The summed E-state index contributed by atoms with van der Waals surface area (Å²) >= 11 is 6.03. The topological polar surface area (TPSA) is 103 Å². The van der Waals surface area contributed by atoms with E-state index in [-0.39, 0.29) is 12.2 Å². The van der Waals surface area contributed by atoms with Crippen LogP contribution in [-0.4, -0.2) is 39.5 Å². The second-order valence-electron chi connectivity index (χ2n) is 6.30. The number of primary amides is 1. The van der Waals surface area contributed by atoms with Crippen molar-refractivity contribution in [3.63, 3.8) is 0 Å². The van der Waals surface area contributed by atoms with Crippen LogP contribution in [0.5, 0.6) is 5.75 Å². The number of ether oxygens (including phenoxy) is 1. The van der Waals surface area contributed by atoms with Gasteiger partial charge in [0.25, 0.3) is 11.8 Å². The van der Waals surface area contributed by atoms with Gasteiger partial charge in [0.15, 0.2) is 11.8 Å². The van der Waals surface area contributed by atoms with Crippen molar-refractivity contribution < 1.29 is 14.3 Å². The number of nitrogens with zero attached hydrogens (tertiary/aromatic N) is 4. The first kappa shape index (κ1) is 18.0. The molecule has 3 aromatic rings. The Hall–Kier alpha value is -3.39. The van der Waals surface area contributed by atoms with Gasteiger partial charge >= 0.3 is 0 Å². The van der Waals surface area contributed by atoms with Gasteiger partial charge in [0.1, 0.15) is 5.75 Å². The zero-order valence-corrected chi connectivity index (χ0v) is 15.6. The standard InChI is InChI=1S/C19H16ClN5O3/c1-11-17(23-25(22-11)13-6-4-5-12(20)9-13)19(27)24-10-16(18(21)26)28-15-8-3-2-7-14(15)24/h2-9,16H,10H2,1H3,(H2,21,26)/t16-/m0/s1. The van der Waals surface area contributed by atoms with Gasteiger partial charge in [0.05, 0.1) is 23.6 Å². The van der Waals surface area contributed by atoms with E-state index in [4.69, 9.17) is 22.1 Å². The third kappa shape index (κ3) is 3.18. The molecule has 0 fully saturated rings. The molecule has 1 aliphatic rings. The molecule has 1 aromatic heterocycles. The number of amides is 2. The average molecular weight is 398 g/mol. The number of hydrogen-bond acceptors (Lipinski definition) is 5. The van der Waals surface area contributed by atoms with Crippen molar-refractivity contribution in [2.24, 2.45) is 5.73 Å². The van der Waals surface area contributed by atoms with Gasteiger partial charge in [0, 0.05) is 5.02 Å². The molecule has 2 amide bonds. The molecule has 8 nitrogen and oxygen atoms in total. The van der Waals surface area contributed by atoms with Gasteiger partial charge in [-0.15, -0.1) is 5.10 Å². The van der Waals surface area contributed by atoms with E-state index in [1.165, 1.54) is 9.70 Å². The van der Waals surface area contributed by atoms with Crippen LogP contribution < -0.4 is 15.4 Å². The highest BCUT2D eigenvalue weighted by molar-refractivity contribution is 6.30. The molecule has 0 radical (unpaired) electrons. The summed E-state index contributed by atoms with van der Waals surface area (Å²) in [6.45, 7) is 1.69. The number of carbonyl (C=O) groups excluding carboxylic acids is 2. The molecular weight excluding hydrogens is 382 g/mol. The fourth-order valence-electron chi connectivity index (χ4n) is 3.00. The Morgan fingerprint density at radius 3 is 2.71 bits per heavy atom. The molecule has 2 heterocycles. The zero-order chi connectivity index (χ0) is 19.8. The fourth-order valence-corrected chi connectivity index (χ4v) is 3.18. The molecule has 0 saturated heterocycles. The van der Waals surface area contributed by atoms with Crippen molar-refractivity contribution in [2.75, 3.05) is 11.4 Å². The van der Waals surface area contributed by atoms with Crippen LogP contribution in [-0.2, 0) is 4.79 Å². The lowest BCUT2D eigenvalue weighted by molar-refractivity contribution is -0.124. The zero-order valence-electron chi connectivity index (χ0n) is 14.9. The van der Waals surface area contributed by atoms with E-state index in [9.17, 15) is 9.59 Å². The summed E-state index contributed by atoms with van der Waals surface area (Å²) < 4.78 is 5.60. The van der Waals surface area contributed by atoms with Gasteiger partial charge in [0.2, 0.25) is 0 Å². The van der Waals surface area contributed by atoms with Crippen LogP contribution in [0.1, 0.15) is 16.2 Å². The van der Waals surface area contributed by atoms with Crippen LogP contribution in [0.15, 0.2) is 48.5 Å². The SMILES string of the molecule is Cc1nn(-c2cccc(Cl)c2)nc1C(=O)N1C[C@@H](C(N)=O)Oc2ccccc21.